The van der Waals surface area contributed by atoms with Gasteiger partial charge in [-0.1, -0.05) is 29.8 Å². The number of nitrogens with one attached hydrogen (secondary N) is 1. The number of benzene rings is 2. The maximum atomic E-state index is 14.4. The van der Waals surface area contributed by atoms with E-state index in [2.05, 4.69) is 20.4 Å². The lowest BCUT2D eigenvalue weighted by Gasteiger charge is -2.09. The van der Waals surface area contributed by atoms with Gasteiger partial charge in [-0.05, 0) is 24.3 Å². The van der Waals surface area contributed by atoms with E-state index in [-0.39, 0.29) is 28.2 Å². The van der Waals surface area contributed by atoms with E-state index in [0.717, 1.165) is 18.1 Å². The largest absolute Gasteiger partial charge is 0.434 e. The number of hydrogen-bond acceptors (Lipinski definition) is 6. The molecule has 10 heteroatoms. The summed E-state index contributed by atoms with van der Waals surface area (Å²) in [5.41, 5.74) is 6.95. The van der Waals surface area contributed by atoms with E-state index < -0.39 is 11.7 Å². The number of hydrogen-bond donors (Lipinski definition) is 2. The predicted molar refractivity (Wildman–Crippen MR) is 109 cm³/mol. The van der Waals surface area contributed by atoms with Crippen LogP contribution < -0.4 is 15.8 Å². The van der Waals surface area contributed by atoms with E-state index in [1.807, 2.05) is 30.3 Å². The molecule has 2 aromatic heterocycles. The highest BCUT2D eigenvalue weighted by Gasteiger charge is 2.14. The summed E-state index contributed by atoms with van der Waals surface area (Å²) in [6.45, 7) is 0. The number of carbonyl (C=O) groups excluding carboxylic acids is 1. The van der Waals surface area contributed by atoms with Gasteiger partial charge in [-0.3, -0.25) is 4.79 Å². The summed E-state index contributed by atoms with van der Waals surface area (Å²) >= 11 is 5.95. The summed E-state index contributed by atoms with van der Waals surface area (Å²) < 4.78 is 21.4. The minimum Gasteiger partial charge on any atom is -0.434 e. The van der Waals surface area contributed by atoms with E-state index in [0.29, 0.717) is 5.56 Å². The molecule has 30 heavy (non-hydrogen) atoms. The number of nitrogens with zero attached hydrogens (tertiary/aromatic N) is 4. The molecule has 4 rings (SSSR count). The van der Waals surface area contributed by atoms with Crippen LogP contribution in [0.25, 0.3) is 5.69 Å². The number of carbonyl (C=O) groups is 1. The van der Waals surface area contributed by atoms with Gasteiger partial charge in [0.2, 0.25) is 5.88 Å². The summed E-state index contributed by atoms with van der Waals surface area (Å²) in [6.07, 6.45) is 4.16. The Hall–Kier alpha value is -3.98. The Bertz CT molecular complexity index is 1220. The highest BCUT2D eigenvalue weighted by atomic mass is 35.5. The normalized spacial score (nSPS) is 10.6. The highest BCUT2D eigenvalue weighted by Crippen LogP contribution is 2.32. The molecule has 8 nitrogen and oxygen atoms in total. The lowest BCUT2D eigenvalue weighted by Crippen LogP contribution is -2.11. The van der Waals surface area contributed by atoms with Gasteiger partial charge in [0.05, 0.1) is 17.4 Å². The minimum atomic E-state index is -0.721. The summed E-state index contributed by atoms with van der Waals surface area (Å²) in [6, 6.07) is 13.3. The molecule has 1 amide bonds. The van der Waals surface area contributed by atoms with Crippen LogP contribution in [-0.2, 0) is 0 Å². The van der Waals surface area contributed by atoms with Crippen molar-refractivity contribution >= 4 is 29.0 Å². The van der Waals surface area contributed by atoms with Crippen LogP contribution in [0.5, 0.6) is 11.6 Å². The van der Waals surface area contributed by atoms with Crippen molar-refractivity contribution in [1.29, 1.82) is 0 Å². The molecule has 0 radical (unpaired) electrons. The molecule has 0 unspecified atom stereocenters. The Morgan fingerprint density at radius 2 is 1.97 bits per heavy atom. The topological polar surface area (TPSA) is 108 Å². The first kappa shape index (κ1) is 19.3. The lowest BCUT2D eigenvalue weighted by atomic mass is 10.2. The zero-order valence-corrected chi connectivity index (χ0v) is 16.0. The van der Waals surface area contributed by atoms with Gasteiger partial charge >= 0.3 is 0 Å². The predicted octanol–water partition coefficient (Wildman–Crippen LogP) is 4.08. The smallest absolute Gasteiger partial charge is 0.258 e. The number of halogens is 2. The van der Waals surface area contributed by atoms with Gasteiger partial charge in [0.25, 0.3) is 5.91 Å². The third-order valence-corrected chi connectivity index (χ3v) is 4.40. The Kier molecular flexibility index (Phi) is 5.27. The van der Waals surface area contributed by atoms with Crippen LogP contribution in [0.1, 0.15) is 10.4 Å². The van der Waals surface area contributed by atoms with Crippen molar-refractivity contribution in [3.8, 4) is 17.3 Å². The number of nitrogens with two attached hydrogens (primary N) is 1. The van der Waals surface area contributed by atoms with Gasteiger partial charge in [-0.25, -0.2) is 14.1 Å². The maximum absolute atomic E-state index is 14.4. The molecule has 0 atom stereocenters. The van der Waals surface area contributed by atoms with Gasteiger partial charge in [0.1, 0.15) is 17.2 Å². The number of nitrogen functional groups attached to an aromatic ring is 1. The summed E-state index contributed by atoms with van der Waals surface area (Å²) in [4.78, 5) is 20.0. The van der Waals surface area contributed by atoms with Crippen LogP contribution in [0.3, 0.4) is 0 Å². The molecule has 3 N–H and O–H groups in total. The molecule has 4 aromatic rings. The number of ether oxygens (including phenoxy) is 1. The molecule has 150 valence electrons. The molecule has 0 aliphatic heterocycles. The summed E-state index contributed by atoms with van der Waals surface area (Å²) in [5, 5.41) is 6.76. The van der Waals surface area contributed by atoms with Crippen LogP contribution in [0.2, 0.25) is 5.02 Å². The molecule has 0 saturated heterocycles. The Balaban J connectivity index is 1.48. The van der Waals surface area contributed by atoms with Crippen molar-refractivity contribution in [3.63, 3.8) is 0 Å². The van der Waals surface area contributed by atoms with Gasteiger partial charge in [-0.15, -0.1) is 0 Å². The molecule has 2 aromatic carbocycles. The Morgan fingerprint density at radius 3 is 2.73 bits per heavy atom. The number of anilines is 2. The molecule has 0 fully saturated rings. The average molecular weight is 425 g/mol. The molecule has 0 bridgehead atoms. The quantitative estimate of drug-likeness (QED) is 0.499. The summed E-state index contributed by atoms with van der Waals surface area (Å²) in [7, 11) is 0. The summed E-state index contributed by atoms with van der Waals surface area (Å²) in [5.74, 6) is -1.35. The fourth-order valence-corrected chi connectivity index (χ4v) is 2.70. The fourth-order valence-electron chi connectivity index (χ4n) is 2.57. The van der Waals surface area contributed by atoms with E-state index in [4.69, 9.17) is 22.1 Å². The van der Waals surface area contributed by atoms with Gasteiger partial charge < -0.3 is 15.8 Å². The van der Waals surface area contributed by atoms with Crippen molar-refractivity contribution in [1.82, 2.24) is 19.7 Å². The lowest BCUT2D eigenvalue weighted by molar-refractivity contribution is 0.102. The number of para-hydroxylation sites is 1. The van der Waals surface area contributed by atoms with Crippen LogP contribution in [0.4, 0.5) is 15.9 Å². The van der Waals surface area contributed by atoms with Crippen molar-refractivity contribution in [2.24, 2.45) is 0 Å². The van der Waals surface area contributed by atoms with Gasteiger partial charge in [0.15, 0.2) is 11.6 Å². The zero-order valence-electron chi connectivity index (χ0n) is 15.3. The van der Waals surface area contributed by atoms with Crippen LogP contribution in [0, 0.1) is 5.82 Å². The van der Waals surface area contributed by atoms with Crippen molar-refractivity contribution in [2.45, 2.75) is 0 Å². The van der Waals surface area contributed by atoms with E-state index >= 15 is 0 Å². The second kappa shape index (κ2) is 8.18. The van der Waals surface area contributed by atoms with E-state index in [9.17, 15) is 9.18 Å². The minimum absolute atomic E-state index is 0.0157. The fraction of sp³-hybridized carbons (Fsp3) is 0. The average Bonchev–Trinajstić information content (AvgIpc) is 3.24. The number of amides is 1. The third-order valence-electron chi connectivity index (χ3n) is 4.05. The number of rotatable bonds is 5. The molecule has 2 heterocycles. The monoisotopic (exact) mass is 424 g/mol. The van der Waals surface area contributed by atoms with Crippen LogP contribution in [-0.4, -0.2) is 25.7 Å². The second-order valence-electron chi connectivity index (χ2n) is 6.09. The Labute approximate surface area is 175 Å². The maximum Gasteiger partial charge on any atom is 0.258 e. The van der Waals surface area contributed by atoms with Crippen molar-refractivity contribution in [3.05, 3.63) is 83.7 Å². The van der Waals surface area contributed by atoms with E-state index in [1.165, 1.54) is 18.3 Å². The van der Waals surface area contributed by atoms with Crippen LogP contribution >= 0.6 is 11.6 Å². The van der Waals surface area contributed by atoms with E-state index in [1.54, 1.807) is 10.9 Å². The molecule has 0 saturated carbocycles. The zero-order chi connectivity index (χ0) is 21.1. The Morgan fingerprint density at radius 1 is 1.17 bits per heavy atom. The highest BCUT2D eigenvalue weighted by molar-refractivity contribution is 6.34. The first-order valence-electron chi connectivity index (χ1n) is 8.66. The van der Waals surface area contributed by atoms with Gasteiger partial charge in [0, 0.05) is 18.0 Å². The first-order chi connectivity index (χ1) is 14.5. The van der Waals surface area contributed by atoms with Crippen LogP contribution in [0.15, 0.2) is 67.3 Å². The second-order valence-corrected chi connectivity index (χ2v) is 6.47. The molecule has 0 aliphatic rings. The molecule has 0 aliphatic carbocycles. The molecular formula is C20H14ClFN6O2. The van der Waals surface area contributed by atoms with Crippen molar-refractivity contribution < 1.29 is 13.9 Å². The number of aromatic nitrogens is 4. The van der Waals surface area contributed by atoms with Crippen molar-refractivity contribution in [2.75, 3.05) is 11.1 Å². The molecular weight excluding hydrogens is 411 g/mol. The SMILES string of the molecule is Nc1ncnc(Oc2ccc(NC(=O)c3cnn(-c4ccccc4)c3)cc2F)c1Cl. The molecule has 0 spiro atoms. The van der Waals surface area contributed by atoms with Gasteiger partial charge in [-0.2, -0.15) is 10.1 Å². The third kappa shape index (κ3) is 4.06. The standard InChI is InChI=1S/C20H14ClFN6O2/c21-17-18(23)24-11-25-20(17)30-16-7-6-13(8-15(16)22)27-19(29)12-9-26-28(10-12)14-4-2-1-3-5-14/h1-11H,(H,27,29)(H2,23,24,25). The first-order valence-corrected chi connectivity index (χ1v) is 9.04.